The van der Waals surface area contributed by atoms with Crippen molar-refractivity contribution in [2.75, 3.05) is 10.6 Å². The molecule has 0 spiro atoms. The highest BCUT2D eigenvalue weighted by atomic mass is 79.9. The first kappa shape index (κ1) is 13.8. The van der Waals surface area contributed by atoms with Gasteiger partial charge in [0, 0.05) is 5.69 Å². The molecule has 3 rings (SSSR count). The van der Waals surface area contributed by atoms with Crippen LogP contribution in [0.1, 0.15) is 26.3 Å². The molecular weight excluding hydrogens is 339 g/mol. The van der Waals surface area contributed by atoms with Crippen LogP contribution in [0.25, 0.3) is 0 Å². The van der Waals surface area contributed by atoms with E-state index in [1.54, 1.807) is 13.0 Å². The Balaban J connectivity index is 2.16. The van der Waals surface area contributed by atoms with Crippen LogP contribution in [-0.4, -0.2) is 11.8 Å². The normalized spacial score (nSPS) is 13.8. The number of amides is 2. The van der Waals surface area contributed by atoms with Crippen molar-refractivity contribution in [2.24, 2.45) is 0 Å². The minimum absolute atomic E-state index is 0.194. The summed E-state index contributed by atoms with van der Waals surface area (Å²) in [5.41, 5.74) is 7.49. The summed E-state index contributed by atoms with van der Waals surface area (Å²) in [5.74, 6) is -1.34. The molecule has 21 heavy (non-hydrogen) atoms. The molecule has 0 saturated heterocycles. The zero-order valence-corrected chi connectivity index (χ0v) is 12.6. The van der Waals surface area contributed by atoms with Crippen LogP contribution in [0.2, 0.25) is 0 Å². The molecule has 0 unspecified atom stereocenters. The molecular formula is C15H10BrFN2O2. The SMILES string of the molecule is Cc1cc(F)c(Br)cc1N1C(=O)c2ccc(N)cc2C1=O. The van der Waals surface area contributed by atoms with Gasteiger partial charge >= 0.3 is 0 Å². The number of halogens is 2. The third-order valence-corrected chi connectivity index (χ3v) is 4.00. The number of carbonyl (C=O) groups excluding carboxylic acids is 2. The summed E-state index contributed by atoms with van der Waals surface area (Å²) < 4.78 is 13.7. The number of hydrogen-bond donors (Lipinski definition) is 1. The quantitative estimate of drug-likeness (QED) is 0.635. The Morgan fingerprint density at radius 3 is 2.48 bits per heavy atom. The van der Waals surface area contributed by atoms with Gasteiger partial charge in [0.05, 0.1) is 21.3 Å². The van der Waals surface area contributed by atoms with Crippen LogP contribution in [0.5, 0.6) is 0 Å². The van der Waals surface area contributed by atoms with Gasteiger partial charge in [-0.2, -0.15) is 0 Å². The van der Waals surface area contributed by atoms with E-state index in [9.17, 15) is 14.0 Å². The number of rotatable bonds is 1. The second-order valence-electron chi connectivity index (χ2n) is 4.80. The average Bonchev–Trinajstić information content (AvgIpc) is 2.66. The lowest BCUT2D eigenvalue weighted by molar-refractivity contribution is 0.0926. The van der Waals surface area contributed by atoms with Crippen LogP contribution < -0.4 is 10.6 Å². The molecule has 1 aliphatic heterocycles. The number of nitrogens with zero attached hydrogens (tertiary/aromatic N) is 1. The van der Waals surface area contributed by atoms with Gasteiger partial charge in [0.15, 0.2) is 0 Å². The first-order valence-corrected chi connectivity index (χ1v) is 6.93. The Bertz CT molecular complexity index is 805. The minimum Gasteiger partial charge on any atom is -0.399 e. The fraction of sp³-hybridized carbons (Fsp3) is 0.0667. The molecule has 1 aliphatic rings. The van der Waals surface area contributed by atoms with Crippen LogP contribution in [0.15, 0.2) is 34.8 Å². The van der Waals surface area contributed by atoms with E-state index in [-0.39, 0.29) is 10.0 Å². The van der Waals surface area contributed by atoms with Crippen molar-refractivity contribution < 1.29 is 14.0 Å². The molecule has 1 heterocycles. The van der Waals surface area contributed by atoms with Crippen LogP contribution in [-0.2, 0) is 0 Å². The summed E-state index contributed by atoms with van der Waals surface area (Å²) in [7, 11) is 0. The number of carbonyl (C=O) groups is 2. The second-order valence-corrected chi connectivity index (χ2v) is 5.66. The van der Waals surface area contributed by atoms with Gasteiger partial charge < -0.3 is 5.73 Å². The highest BCUT2D eigenvalue weighted by molar-refractivity contribution is 9.10. The molecule has 0 saturated carbocycles. The molecule has 2 aromatic carbocycles. The van der Waals surface area contributed by atoms with Crippen LogP contribution in [0.3, 0.4) is 0 Å². The molecule has 2 aromatic rings. The molecule has 0 fully saturated rings. The molecule has 106 valence electrons. The number of hydrogen-bond acceptors (Lipinski definition) is 3. The number of imide groups is 1. The van der Waals surface area contributed by atoms with Crippen molar-refractivity contribution in [3.63, 3.8) is 0 Å². The lowest BCUT2D eigenvalue weighted by atomic mass is 10.1. The third-order valence-electron chi connectivity index (χ3n) is 3.39. The average molecular weight is 349 g/mol. The smallest absolute Gasteiger partial charge is 0.266 e. The Morgan fingerprint density at radius 1 is 1.10 bits per heavy atom. The van der Waals surface area contributed by atoms with Crippen LogP contribution in [0.4, 0.5) is 15.8 Å². The van der Waals surface area contributed by atoms with Crippen molar-refractivity contribution in [1.29, 1.82) is 0 Å². The van der Waals surface area contributed by atoms with Crippen molar-refractivity contribution in [3.05, 3.63) is 57.3 Å². The van der Waals surface area contributed by atoms with E-state index >= 15 is 0 Å². The number of anilines is 2. The molecule has 4 nitrogen and oxygen atoms in total. The van der Waals surface area contributed by atoms with Gasteiger partial charge in [-0.3, -0.25) is 9.59 Å². The van der Waals surface area contributed by atoms with Gasteiger partial charge in [-0.15, -0.1) is 0 Å². The number of nitrogen functional groups attached to an aromatic ring is 1. The highest BCUT2D eigenvalue weighted by Gasteiger charge is 2.37. The molecule has 0 radical (unpaired) electrons. The van der Waals surface area contributed by atoms with E-state index < -0.39 is 17.6 Å². The fourth-order valence-electron chi connectivity index (χ4n) is 2.35. The maximum Gasteiger partial charge on any atom is 0.266 e. The Kier molecular flexibility index (Phi) is 3.06. The van der Waals surface area contributed by atoms with Crippen molar-refractivity contribution in [1.82, 2.24) is 0 Å². The van der Waals surface area contributed by atoms with Crippen LogP contribution in [0, 0.1) is 12.7 Å². The molecule has 2 N–H and O–H groups in total. The van der Waals surface area contributed by atoms with Gasteiger partial charge in [-0.1, -0.05) is 0 Å². The molecule has 0 atom stereocenters. The molecule has 0 aromatic heterocycles. The van der Waals surface area contributed by atoms with Crippen molar-refractivity contribution >= 4 is 39.1 Å². The summed E-state index contributed by atoms with van der Waals surface area (Å²) in [6.45, 7) is 1.64. The lowest BCUT2D eigenvalue weighted by Crippen LogP contribution is -2.30. The zero-order valence-electron chi connectivity index (χ0n) is 11.0. The number of aryl methyl sites for hydroxylation is 1. The summed E-state index contributed by atoms with van der Waals surface area (Å²) in [6, 6.07) is 7.27. The van der Waals surface area contributed by atoms with E-state index in [0.717, 1.165) is 4.90 Å². The van der Waals surface area contributed by atoms with Gasteiger partial charge in [0.25, 0.3) is 11.8 Å². The monoisotopic (exact) mass is 348 g/mol. The highest BCUT2D eigenvalue weighted by Crippen LogP contribution is 2.34. The molecule has 2 amide bonds. The van der Waals surface area contributed by atoms with E-state index in [2.05, 4.69) is 15.9 Å². The molecule has 0 aliphatic carbocycles. The van der Waals surface area contributed by atoms with E-state index in [4.69, 9.17) is 5.73 Å². The summed E-state index contributed by atoms with van der Waals surface area (Å²) >= 11 is 3.07. The van der Waals surface area contributed by atoms with Gasteiger partial charge in [-0.25, -0.2) is 9.29 Å². The number of benzene rings is 2. The maximum absolute atomic E-state index is 13.5. The maximum atomic E-state index is 13.5. The minimum atomic E-state index is -0.455. The largest absolute Gasteiger partial charge is 0.399 e. The predicted molar refractivity (Wildman–Crippen MR) is 80.8 cm³/mol. The summed E-state index contributed by atoms with van der Waals surface area (Å²) in [6.07, 6.45) is 0. The number of fused-ring (bicyclic) bond motifs is 1. The Morgan fingerprint density at radius 2 is 1.76 bits per heavy atom. The third kappa shape index (κ3) is 2.03. The zero-order chi connectivity index (χ0) is 15.3. The van der Waals surface area contributed by atoms with Crippen molar-refractivity contribution in [3.8, 4) is 0 Å². The lowest BCUT2D eigenvalue weighted by Gasteiger charge is -2.17. The van der Waals surface area contributed by atoms with E-state index in [1.807, 2.05) is 0 Å². The fourth-order valence-corrected chi connectivity index (χ4v) is 2.69. The topological polar surface area (TPSA) is 63.4 Å². The first-order valence-electron chi connectivity index (χ1n) is 6.14. The Labute approximate surface area is 128 Å². The molecule has 0 bridgehead atoms. The molecule has 6 heteroatoms. The van der Waals surface area contributed by atoms with Gasteiger partial charge in [0.2, 0.25) is 0 Å². The second kappa shape index (κ2) is 4.66. The predicted octanol–water partition coefficient (Wildman–Crippen LogP) is 3.28. The van der Waals surface area contributed by atoms with Crippen molar-refractivity contribution in [2.45, 2.75) is 6.92 Å². The van der Waals surface area contributed by atoms with E-state index in [0.29, 0.717) is 22.5 Å². The Hall–Kier alpha value is -2.21. The van der Waals surface area contributed by atoms with Gasteiger partial charge in [-0.05, 0) is 58.7 Å². The van der Waals surface area contributed by atoms with E-state index in [1.165, 1.54) is 24.3 Å². The summed E-state index contributed by atoms with van der Waals surface area (Å²) in [5, 5.41) is 0. The summed E-state index contributed by atoms with van der Waals surface area (Å²) in [4.78, 5) is 25.9. The standard InChI is InChI=1S/C15H10BrFN2O2/c1-7-4-12(17)11(16)6-13(7)19-14(20)9-3-2-8(18)5-10(9)15(19)21/h2-6H,18H2,1H3. The van der Waals surface area contributed by atoms with Gasteiger partial charge in [0.1, 0.15) is 5.82 Å². The first-order chi connectivity index (χ1) is 9.90. The number of nitrogens with two attached hydrogens (primary N) is 1. The van der Waals surface area contributed by atoms with Crippen LogP contribution >= 0.6 is 15.9 Å².